The Bertz CT molecular complexity index is 3420. The molecule has 63 heavy (non-hydrogen) atoms. The first kappa shape index (κ1) is 37.8. The highest BCUT2D eigenvalue weighted by Crippen LogP contribution is 2.40. The number of nitrogens with zero attached hydrogens (tertiary/aromatic N) is 2. The van der Waals surface area contributed by atoms with Crippen LogP contribution < -0.4 is 0 Å². The van der Waals surface area contributed by atoms with E-state index in [2.05, 4.69) is 253 Å². The molecule has 11 aromatic rings. The fraction of sp³-hybridized carbons (Fsp3) is 0.0164. The summed E-state index contributed by atoms with van der Waals surface area (Å²) in [5, 5.41) is 3.62. The molecule has 0 atom stereocenters. The Balaban J connectivity index is 1.09. The highest BCUT2D eigenvalue weighted by atomic mass is 15.0. The van der Waals surface area contributed by atoms with E-state index < -0.39 is 0 Å². The molecule has 2 nitrogen and oxygen atoms in total. The van der Waals surface area contributed by atoms with E-state index in [0.717, 1.165) is 28.1 Å². The average Bonchev–Trinajstić information content (AvgIpc) is 3.86. The lowest BCUT2D eigenvalue weighted by atomic mass is 9.98. The molecule has 0 unspecified atom stereocenters. The number of aromatic nitrogens is 2. The second-order valence-electron chi connectivity index (χ2n) is 16.3. The molecular formula is C61H44N2. The number of hydrogen-bond donors (Lipinski definition) is 0. The molecule has 11 rings (SSSR count). The monoisotopic (exact) mass is 804 g/mol. The fourth-order valence-corrected chi connectivity index (χ4v) is 9.34. The number of allylic oxidation sites excluding steroid dienone is 1. The Morgan fingerprint density at radius 2 is 0.825 bits per heavy atom. The van der Waals surface area contributed by atoms with Crippen molar-refractivity contribution in [2.24, 2.45) is 0 Å². The van der Waals surface area contributed by atoms with Crippen LogP contribution in [0.25, 0.3) is 106 Å². The molecule has 0 saturated carbocycles. The fourth-order valence-electron chi connectivity index (χ4n) is 9.34. The zero-order chi connectivity index (χ0) is 42.3. The summed E-state index contributed by atoms with van der Waals surface area (Å²) in [6.07, 6.45) is 4.35. The maximum absolute atomic E-state index is 4.36. The first-order valence-electron chi connectivity index (χ1n) is 21.6. The Hall–Kier alpha value is -8.20. The molecule has 0 N–H and O–H groups in total. The maximum atomic E-state index is 4.36. The van der Waals surface area contributed by atoms with Crippen LogP contribution in [0.2, 0.25) is 0 Å². The van der Waals surface area contributed by atoms with Crippen LogP contribution in [0, 0.1) is 0 Å². The van der Waals surface area contributed by atoms with Crippen LogP contribution in [0.3, 0.4) is 0 Å². The normalized spacial score (nSPS) is 11.7. The topological polar surface area (TPSA) is 9.86 Å². The summed E-state index contributed by atoms with van der Waals surface area (Å²) < 4.78 is 4.79. The van der Waals surface area contributed by atoms with E-state index in [1.165, 1.54) is 82.8 Å². The average molecular weight is 805 g/mol. The van der Waals surface area contributed by atoms with Crippen LogP contribution in [0.4, 0.5) is 0 Å². The van der Waals surface area contributed by atoms with Crippen LogP contribution in [0.1, 0.15) is 23.7 Å². The molecule has 0 spiro atoms. The van der Waals surface area contributed by atoms with Gasteiger partial charge < -0.3 is 9.13 Å². The van der Waals surface area contributed by atoms with Gasteiger partial charge in [-0.2, -0.15) is 0 Å². The molecule has 2 aromatic heterocycles. The van der Waals surface area contributed by atoms with Crippen molar-refractivity contribution in [1.29, 1.82) is 0 Å². The van der Waals surface area contributed by atoms with Crippen molar-refractivity contribution < 1.29 is 0 Å². The van der Waals surface area contributed by atoms with E-state index >= 15 is 0 Å². The summed E-state index contributed by atoms with van der Waals surface area (Å²) in [6.45, 7) is 6.59. The molecule has 0 bridgehead atoms. The van der Waals surface area contributed by atoms with Gasteiger partial charge in [-0.25, -0.2) is 0 Å². The van der Waals surface area contributed by atoms with Crippen molar-refractivity contribution >= 4 is 50.4 Å². The Morgan fingerprint density at radius 1 is 0.365 bits per heavy atom. The maximum Gasteiger partial charge on any atom is 0.0541 e. The van der Waals surface area contributed by atoms with Gasteiger partial charge >= 0.3 is 0 Å². The SMILES string of the molecule is C=Cc1c(/C=C(\C)c2ccc3c(c2)c2cc(-c4ccccc4)ccc2n3-c2cc(-c3ccccc3)cc(-c3ccccc3)c2)c2ccccc2n1-c1ccc(-c2ccccc2)cc1. The molecular weight excluding hydrogens is 761 g/mol. The van der Waals surface area contributed by atoms with Crippen molar-refractivity contribution in [3.63, 3.8) is 0 Å². The van der Waals surface area contributed by atoms with E-state index in [9.17, 15) is 0 Å². The van der Waals surface area contributed by atoms with E-state index in [1.807, 2.05) is 6.08 Å². The molecule has 0 saturated heterocycles. The third-order valence-corrected chi connectivity index (χ3v) is 12.5. The quantitative estimate of drug-likeness (QED) is 0.138. The molecule has 0 aliphatic rings. The van der Waals surface area contributed by atoms with Gasteiger partial charge in [0.05, 0.1) is 22.2 Å². The standard InChI is InChI=1S/C61H44N2/c1-3-58-55(54-26-16-17-27-59(54)62(58)52-32-28-47(29-33-52)43-18-8-4-9-19-43)36-42(2)48-30-34-60-56(40-48)57-41-49(44-20-10-5-11-21-44)31-35-61(57)63(60)53-38-50(45-22-12-6-13-23-45)37-51(39-53)46-24-14-7-15-25-46/h3-41H,1H2,2H3/b42-36+. The minimum Gasteiger partial charge on any atom is -0.309 e. The zero-order valence-electron chi connectivity index (χ0n) is 35.1. The van der Waals surface area contributed by atoms with Gasteiger partial charge in [0.1, 0.15) is 0 Å². The van der Waals surface area contributed by atoms with Crippen molar-refractivity contribution in [2.45, 2.75) is 6.92 Å². The molecule has 2 heterocycles. The van der Waals surface area contributed by atoms with Gasteiger partial charge in [0, 0.05) is 33.1 Å². The lowest BCUT2D eigenvalue weighted by Gasteiger charge is -2.14. The largest absolute Gasteiger partial charge is 0.309 e. The molecule has 0 aliphatic carbocycles. The van der Waals surface area contributed by atoms with Crippen molar-refractivity contribution in [3.05, 3.63) is 248 Å². The molecule has 0 fully saturated rings. The number of fused-ring (bicyclic) bond motifs is 4. The van der Waals surface area contributed by atoms with Crippen LogP contribution in [0.5, 0.6) is 0 Å². The van der Waals surface area contributed by atoms with Gasteiger partial charge in [-0.1, -0.05) is 170 Å². The minimum atomic E-state index is 1.07. The first-order chi connectivity index (χ1) is 31.1. The molecule has 298 valence electrons. The molecule has 0 aliphatic heterocycles. The summed E-state index contributed by atoms with van der Waals surface area (Å²) in [7, 11) is 0. The van der Waals surface area contributed by atoms with Crippen molar-refractivity contribution in [3.8, 4) is 55.9 Å². The predicted molar refractivity (Wildman–Crippen MR) is 269 cm³/mol. The van der Waals surface area contributed by atoms with Crippen LogP contribution in [0.15, 0.2) is 231 Å². The Labute approximate surface area is 368 Å². The summed E-state index contributed by atoms with van der Waals surface area (Å²) in [6, 6.07) is 81.1. The van der Waals surface area contributed by atoms with E-state index in [4.69, 9.17) is 0 Å². The smallest absolute Gasteiger partial charge is 0.0541 e. The highest BCUT2D eigenvalue weighted by molar-refractivity contribution is 6.12. The molecule has 9 aromatic carbocycles. The van der Waals surface area contributed by atoms with Gasteiger partial charge in [-0.15, -0.1) is 0 Å². The minimum absolute atomic E-state index is 1.07. The van der Waals surface area contributed by atoms with Crippen molar-refractivity contribution in [2.75, 3.05) is 0 Å². The summed E-state index contributed by atoms with van der Waals surface area (Å²) >= 11 is 0. The Morgan fingerprint density at radius 3 is 1.41 bits per heavy atom. The number of hydrogen-bond acceptors (Lipinski definition) is 0. The molecule has 2 heteroatoms. The second kappa shape index (κ2) is 16.0. The van der Waals surface area contributed by atoms with E-state index in [1.54, 1.807) is 0 Å². The zero-order valence-corrected chi connectivity index (χ0v) is 35.1. The second-order valence-corrected chi connectivity index (χ2v) is 16.3. The van der Waals surface area contributed by atoms with Gasteiger partial charge in [-0.05, 0) is 135 Å². The number of para-hydroxylation sites is 1. The van der Waals surface area contributed by atoms with E-state index in [0.29, 0.717) is 0 Å². The summed E-state index contributed by atoms with van der Waals surface area (Å²) in [5.74, 6) is 0. The lowest BCUT2D eigenvalue weighted by Crippen LogP contribution is -1.97. The Kier molecular flexibility index (Phi) is 9.60. The van der Waals surface area contributed by atoms with Crippen LogP contribution in [-0.2, 0) is 0 Å². The first-order valence-corrected chi connectivity index (χ1v) is 21.6. The van der Waals surface area contributed by atoms with Crippen LogP contribution in [-0.4, -0.2) is 9.13 Å². The number of benzene rings is 9. The molecule has 0 amide bonds. The van der Waals surface area contributed by atoms with Gasteiger partial charge in [0.2, 0.25) is 0 Å². The van der Waals surface area contributed by atoms with Gasteiger partial charge in [0.25, 0.3) is 0 Å². The van der Waals surface area contributed by atoms with Gasteiger partial charge in [-0.3, -0.25) is 0 Å². The highest BCUT2D eigenvalue weighted by Gasteiger charge is 2.19. The summed E-state index contributed by atoms with van der Waals surface area (Å²) in [5.41, 5.74) is 19.8. The van der Waals surface area contributed by atoms with Crippen molar-refractivity contribution in [1.82, 2.24) is 9.13 Å². The van der Waals surface area contributed by atoms with E-state index in [-0.39, 0.29) is 0 Å². The van der Waals surface area contributed by atoms with Gasteiger partial charge in [0.15, 0.2) is 0 Å². The predicted octanol–water partition coefficient (Wildman–Crippen LogP) is 16.6. The third kappa shape index (κ3) is 6.89. The molecule has 0 radical (unpaired) electrons. The number of rotatable bonds is 9. The van der Waals surface area contributed by atoms with Crippen LogP contribution >= 0.6 is 0 Å². The summed E-state index contributed by atoms with van der Waals surface area (Å²) in [4.78, 5) is 0. The third-order valence-electron chi connectivity index (χ3n) is 12.5. The lowest BCUT2D eigenvalue weighted by molar-refractivity contribution is 1.11.